The third-order valence-electron chi connectivity index (χ3n) is 3.18. The maximum Gasteiger partial charge on any atom is 0.166 e. The second-order valence-electron chi connectivity index (χ2n) is 12.4. The molecule has 1 aromatic carbocycles. The molecule has 0 aliphatic carbocycles. The number of nitro benzene ring substituents is 1. The molecule has 7 nitrogen and oxygen atoms in total. The minimum Gasteiger partial charge on any atom is -0.673 e. The molecule has 0 amide bonds. The Hall–Kier alpha value is -1.17. The zero-order valence-corrected chi connectivity index (χ0v) is 25.9. The van der Waals surface area contributed by atoms with Gasteiger partial charge in [0, 0.05) is 4.92 Å². The predicted molar refractivity (Wildman–Crippen MR) is 141 cm³/mol. The van der Waals surface area contributed by atoms with E-state index in [1.54, 1.807) is 0 Å². The fraction of sp³-hybridized carbons (Fsp3) is 0.769. The Balaban J connectivity index is 0. The zero-order valence-electron chi connectivity index (χ0n) is 23.9. The molecule has 0 heterocycles. The van der Waals surface area contributed by atoms with E-state index in [1.165, 1.54) is 24.3 Å². The van der Waals surface area contributed by atoms with Crippen molar-refractivity contribution in [3.8, 4) is 0 Å². The molecule has 0 aromatic heterocycles. The smallest absolute Gasteiger partial charge is 0.166 e. The SMILES string of the molecule is CC(C)(C)[N]=[Mo]=[N]C(C)(C)C.CC(C)C([N-]C(C)(C)C)[N-]C(C)(C)C.O=[N+]([O-])c1cc[c-]cc1. The van der Waals surface area contributed by atoms with Gasteiger partial charge < -0.3 is 10.6 Å². The Labute approximate surface area is 217 Å². The van der Waals surface area contributed by atoms with Crippen molar-refractivity contribution in [2.45, 2.75) is 125 Å². The van der Waals surface area contributed by atoms with Crippen LogP contribution in [0.2, 0.25) is 0 Å². The number of nitro groups is 1. The van der Waals surface area contributed by atoms with Gasteiger partial charge in [0.25, 0.3) is 0 Å². The van der Waals surface area contributed by atoms with Gasteiger partial charge in [0.05, 0.1) is 0 Å². The molecule has 0 saturated heterocycles. The summed E-state index contributed by atoms with van der Waals surface area (Å²) in [5, 5.41) is 19.4. The summed E-state index contributed by atoms with van der Waals surface area (Å²) in [6.07, 6.45) is 0.120. The average Bonchev–Trinajstić information content (AvgIpc) is 2.58. The molecule has 8 heteroatoms. The summed E-state index contributed by atoms with van der Waals surface area (Å²) in [4.78, 5) is 9.56. The molecule has 0 aliphatic rings. The van der Waals surface area contributed by atoms with Crippen molar-refractivity contribution in [3.05, 3.63) is 51.1 Å². The number of non-ortho nitro benzene ring substituents is 1. The van der Waals surface area contributed by atoms with Crippen LogP contribution in [-0.4, -0.2) is 33.2 Å². The summed E-state index contributed by atoms with van der Waals surface area (Å²) in [7, 11) is 0. The van der Waals surface area contributed by atoms with Crippen LogP contribution >= 0.6 is 0 Å². The monoisotopic (exact) mass is 560 g/mol. The van der Waals surface area contributed by atoms with E-state index in [9.17, 15) is 10.1 Å². The summed E-state index contributed by atoms with van der Waals surface area (Å²) in [6, 6.07) is 8.51. The Bertz CT molecular complexity index is 728. The number of hydrogen-bond acceptors (Lipinski definition) is 4. The van der Waals surface area contributed by atoms with E-state index in [0.717, 1.165) is 0 Å². The molecule has 0 radical (unpaired) electrons. The third-order valence-corrected chi connectivity index (χ3v) is 6.27. The summed E-state index contributed by atoms with van der Waals surface area (Å²) in [6.45, 7) is 29.8. The Morgan fingerprint density at radius 3 is 1.38 bits per heavy atom. The normalized spacial score (nSPS) is 12.2. The number of nitrogens with zero attached hydrogens (tertiary/aromatic N) is 5. The van der Waals surface area contributed by atoms with Crippen LogP contribution in [0.25, 0.3) is 10.6 Å². The maximum atomic E-state index is 9.99. The van der Waals surface area contributed by atoms with E-state index in [-0.39, 0.29) is 34.0 Å². The Morgan fingerprint density at radius 1 is 0.824 bits per heavy atom. The second-order valence-corrected chi connectivity index (χ2v) is 13.7. The van der Waals surface area contributed by atoms with E-state index < -0.39 is 23.1 Å². The van der Waals surface area contributed by atoms with Crippen molar-refractivity contribution in [2.24, 2.45) is 12.9 Å². The summed E-state index contributed by atoms with van der Waals surface area (Å²) in [5.74, 6) is 0.480. The van der Waals surface area contributed by atoms with Crippen LogP contribution in [0.5, 0.6) is 0 Å². The molecule has 0 spiro atoms. The van der Waals surface area contributed by atoms with E-state index >= 15 is 0 Å². The predicted octanol–water partition coefficient (Wildman–Crippen LogP) is 8.74. The van der Waals surface area contributed by atoms with Gasteiger partial charge in [-0.3, -0.25) is 10.1 Å². The molecule has 34 heavy (non-hydrogen) atoms. The van der Waals surface area contributed by atoms with Gasteiger partial charge in [-0.2, -0.15) is 18.2 Å². The number of rotatable bonds is 4. The number of benzene rings is 1. The second kappa shape index (κ2) is 15.1. The van der Waals surface area contributed by atoms with Crippen LogP contribution in [0.3, 0.4) is 0 Å². The largest absolute Gasteiger partial charge is 0.673 e. The van der Waals surface area contributed by atoms with Gasteiger partial charge >= 0.3 is 77.8 Å². The van der Waals surface area contributed by atoms with Crippen LogP contribution < -0.4 is 0 Å². The van der Waals surface area contributed by atoms with Crippen LogP contribution in [0.1, 0.15) is 96.9 Å². The molecule has 0 N–H and O–H groups in total. The van der Waals surface area contributed by atoms with Gasteiger partial charge in [-0.25, -0.2) is 6.17 Å². The van der Waals surface area contributed by atoms with Crippen molar-refractivity contribution in [2.75, 3.05) is 0 Å². The van der Waals surface area contributed by atoms with Crippen molar-refractivity contribution in [1.29, 1.82) is 0 Å². The fourth-order valence-electron chi connectivity index (χ4n) is 1.89. The first-order valence-electron chi connectivity index (χ1n) is 11.7. The van der Waals surface area contributed by atoms with Crippen molar-refractivity contribution < 1.29 is 23.1 Å². The minimum absolute atomic E-state index is 0.00366. The fourth-order valence-corrected chi connectivity index (χ4v) is 3.19. The van der Waals surface area contributed by atoms with E-state index in [2.05, 4.69) is 110 Å². The molecular formula is C26H48MoN5O2-3. The molecule has 0 fully saturated rings. The van der Waals surface area contributed by atoms with Gasteiger partial charge in [0.15, 0.2) is 5.69 Å². The van der Waals surface area contributed by atoms with Crippen molar-refractivity contribution in [1.82, 2.24) is 0 Å². The maximum absolute atomic E-state index is 9.99. The van der Waals surface area contributed by atoms with Crippen LogP contribution in [0.4, 0.5) is 5.69 Å². The van der Waals surface area contributed by atoms with Crippen LogP contribution in [0, 0.1) is 22.1 Å². The zero-order chi connectivity index (χ0) is 27.4. The molecule has 198 valence electrons. The van der Waals surface area contributed by atoms with Crippen molar-refractivity contribution >= 4 is 5.69 Å². The Kier molecular flexibility index (Phi) is 15.5. The summed E-state index contributed by atoms with van der Waals surface area (Å²) in [5.41, 5.74) is 0.329. The molecule has 1 aromatic rings. The van der Waals surface area contributed by atoms with Crippen LogP contribution in [-0.2, 0) is 18.2 Å². The first kappa shape index (κ1) is 35.0. The third kappa shape index (κ3) is 25.5. The molecular weight excluding hydrogens is 510 g/mol. The van der Waals surface area contributed by atoms with Crippen LogP contribution in [0.15, 0.2) is 31.3 Å². The minimum atomic E-state index is -0.473. The van der Waals surface area contributed by atoms with Crippen molar-refractivity contribution in [3.63, 3.8) is 0 Å². The first-order chi connectivity index (χ1) is 15.0. The van der Waals surface area contributed by atoms with E-state index in [1.807, 2.05) is 0 Å². The van der Waals surface area contributed by atoms with Gasteiger partial charge in [-0.15, -0.1) is 11.1 Å². The molecule has 0 saturated carbocycles. The topological polar surface area (TPSA) is 96.1 Å². The standard InChI is InChI=1S/C12H26N2.C6H4NO2.2C4H9N.Mo/c1-9(2)10(13-11(3,4)5)14-12(6,7)8;8-7(9)6-4-2-1-3-5-6;2*1-4(2,3)5;/h9-10H,1-8H3;2-5H;2*1-3H3;/q-2;-1;;;. The number of hydrogen-bond donors (Lipinski definition) is 0. The molecule has 0 bridgehead atoms. The van der Waals surface area contributed by atoms with Gasteiger partial charge in [0.2, 0.25) is 0 Å². The van der Waals surface area contributed by atoms with E-state index in [4.69, 9.17) is 10.6 Å². The molecule has 0 aliphatic heterocycles. The quantitative estimate of drug-likeness (QED) is 0.160. The average molecular weight is 559 g/mol. The summed E-state index contributed by atoms with van der Waals surface area (Å²) < 4.78 is 9.01. The Morgan fingerprint density at radius 2 is 1.18 bits per heavy atom. The van der Waals surface area contributed by atoms with E-state index in [0.29, 0.717) is 5.92 Å². The summed E-state index contributed by atoms with van der Waals surface area (Å²) >= 11 is -0.473. The molecule has 0 atom stereocenters. The molecule has 1 rings (SSSR count). The first-order valence-corrected chi connectivity index (χ1v) is 13.5. The van der Waals surface area contributed by atoms with Gasteiger partial charge in [-0.1, -0.05) is 73.4 Å². The van der Waals surface area contributed by atoms with Gasteiger partial charge in [-0.05, 0) is 0 Å². The molecule has 0 unspecified atom stereocenters. The van der Waals surface area contributed by atoms with Gasteiger partial charge in [0.1, 0.15) is 0 Å².